The summed E-state index contributed by atoms with van der Waals surface area (Å²) in [6, 6.07) is 2.73. The first-order chi connectivity index (χ1) is 9.88. The predicted octanol–water partition coefficient (Wildman–Crippen LogP) is 3.32. The van der Waals surface area contributed by atoms with Gasteiger partial charge in [0, 0.05) is 4.88 Å². The van der Waals surface area contributed by atoms with Crippen LogP contribution in [-0.4, -0.2) is 13.4 Å². The smallest absolute Gasteiger partial charge is 0.265 e. The van der Waals surface area contributed by atoms with E-state index in [1.165, 1.54) is 23.5 Å². The van der Waals surface area contributed by atoms with Crippen LogP contribution < -0.4 is 10.5 Å². The number of aromatic nitrogens is 1. The molecule has 0 bridgehead atoms. The Morgan fingerprint density at radius 2 is 2.05 bits per heavy atom. The molecule has 0 fully saturated rings. The minimum atomic E-state index is -3.84. The maximum absolute atomic E-state index is 12.4. The van der Waals surface area contributed by atoms with Crippen LogP contribution in [0, 0.1) is 0 Å². The van der Waals surface area contributed by atoms with E-state index in [4.69, 9.17) is 28.9 Å². The molecule has 1 aliphatic rings. The average Bonchev–Trinajstić information content (AvgIpc) is 2.95. The average molecular weight is 364 g/mol. The number of benzene rings is 1. The Morgan fingerprint density at radius 3 is 2.76 bits per heavy atom. The van der Waals surface area contributed by atoms with Crippen LogP contribution in [0.15, 0.2) is 17.0 Å². The van der Waals surface area contributed by atoms with Crippen LogP contribution in [-0.2, 0) is 22.9 Å². The Labute approximate surface area is 136 Å². The van der Waals surface area contributed by atoms with Crippen LogP contribution in [0.25, 0.3) is 0 Å². The normalized spacial score (nSPS) is 14.2. The Kier molecular flexibility index (Phi) is 3.77. The topological polar surface area (TPSA) is 85.1 Å². The Bertz CT molecular complexity index is 797. The van der Waals surface area contributed by atoms with Gasteiger partial charge in [-0.2, -0.15) is 0 Å². The molecule has 2 aromatic rings. The van der Waals surface area contributed by atoms with Crippen molar-refractivity contribution in [1.29, 1.82) is 0 Å². The summed E-state index contributed by atoms with van der Waals surface area (Å²) in [5, 5.41) is 0.482. The summed E-state index contributed by atoms with van der Waals surface area (Å²) in [7, 11) is -3.84. The summed E-state index contributed by atoms with van der Waals surface area (Å²) >= 11 is 13.1. The van der Waals surface area contributed by atoms with E-state index in [9.17, 15) is 8.42 Å². The monoisotopic (exact) mass is 363 g/mol. The molecule has 0 radical (unpaired) electrons. The maximum Gasteiger partial charge on any atom is 0.265 e. The zero-order valence-electron chi connectivity index (χ0n) is 10.7. The van der Waals surface area contributed by atoms with E-state index in [1.807, 2.05) is 0 Å². The highest BCUT2D eigenvalue weighted by Gasteiger charge is 2.24. The van der Waals surface area contributed by atoms with E-state index in [2.05, 4.69) is 9.71 Å². The molecule has 1 heterocycles. The number of anilines is 2. The summed E-state index contributed by atoms with van der Waals surface area (Å²) in [6.45, 7) is 0. The van der Waals surface area contributed by atoms with Crippen LogP contribution in [0.4, 0.5) is 10.8 Å². The highest BCUT2D eigenvalue weighted by molar-refractivity contribution is 7.93. The zero-order valence-corrected chi connectivity index (χ0v) is 13.8. The molecule has 3 rings (SSSR count). The number of nitrogen functional groups attached to an aromatic ring is 1. The Hall–Kier alpha value is -1.02. The number of rotatable bonds is 3. The van der Waals surface area contributed by atoms with Gasteiger partial charge in [-0.05, 0) is 31.4 Å². The first kappa shape index (κ1) is 14.9. The van der Waals surface area contributed by atoms with Gasteiger partial charge >= 0.3 is 0 Å². The second-order valence-corrected chi connectivity index (χ2v) is 8.14. The summed E-state index contributed by atoms with van der Waals surface area (Å²) < 4.78 is 27.2. The minimum absolute atomic E-state index is 0.0443. The van der Waals surface area contributed by atoms with Crippen molar-refractivity contribution in [2.24, 2.45) is 0 Å². The molecular weight excluding hydrogens is 353 g/mol. The molecule has 112 valence electrons. The second kappa shape index (κ2) is 5.31. The Balaban J connectivity index is 1.95. The van der Waals surface area contributed by atoms with Crippen molar-refractivity contribution in [2.75, 3.05) is 10.5 Å². The van der Waals surface area contributed by atoms with Crippen molar-refractivity contribution in [1.82, 2.24) is 4.98 Å². The summed E-state index contributed by atoms with van der Waals surface area (Å²) in [4.78, 5) is 5.32. The molecule has 9 heteroatoms. The zero-order chi connectivity index (χ0) is 15.2. The molecule has 0 amide bonds. The quantitative estimate of drug-likeness (QED) is 0.819. The number of fused-ring (bicyclic) bond motifs is 1. The van der Waals surface area contributed by atoms with Gasteiger partial charge in [0.2, 0.25) is 0 Å². The highest BCUT2D eigenvalue weighted by atomic mass is 35.5. The molecule has 0 spiro atoms. The van der Waals surface area contributed by atoms with Crippen LogP contribution in [0.2, 0.25) is 10.0 Å². The lowest BCUT2D eigenvalue weighted by Gasteiger charge is -2.09. The molecule has 0 atom stereocenters. The number of halogens is 2. The fourth-order valence-corrected chi connectivity index (χ4v) is 5.21. The number of nitrogens with two attached hydrogens (primary N) is 1. The second-order valence-electron chi connectivity index (χ2n) is 4.62. The molecule has 3 N–H and O–H groups in total. The van der Waals surface area contributed by atoms with Gasteiger partial charge in [-0.15, -0.1) is 11.3 Å². The largest absolute Gasteiger partial charge is 0.396 e. The Morgan fingerprint density at radius 1 is 1.29 bits per heavy atom. The predicted molar refractivity (Wildman–Crippen MR) is 85.8 cm³/mol. The lowest BCUT2D eigenvalue weighted by Crippen LogP contribution is -2.14. The number of nitrogens with zero attached hydrogens (tertiary/aromatic N) is 1. The molecular formula is C12H11Cl2N3O2S2. The van der Waals surface area contributed by atoms with Crippen LogP contribution in [0.5, 0.6) is 0 Å². The third-order valence-corrected chi connectivity index (χ3v) is 6.63. The van der Waals surface area contributed by atoms with Crippen molar-refractivity contribution in [2.45, 2.75) is 24.2 Å². The molecule has 1 aromatic heterocycles. The van der Waals surface area contributed by atoms with Gasteiger partial charge in [0.05, 0.1) is 21.4 Å². The van der Waals surface area contributed by atoms with Crippen molar-refractivity contribution >= 4 is 55.4 Å². The number of aryl methyl sites for hydroxylation is 2. The van der Waals surface area contributed by atoms with Gasteiger partial charge in [0.25, 0.3) is 10.0 Å². The van der Waals surface area contributed by atoms with Gasteiger partial charge in [0.1, 0.15) is 4.90 Å². The van der Waals surface area contributed by atoms with E-state index in [0.29, 0.717) is 5.13 Å². The molecule has 0 unspecified atom stereocenters. The SMILES string of the molecule is Nc1c(Cl)ccc(S(=O)(=O)Nc2nc3c(s2)CCC3)c1Cl. The highest BCUT2D eigenvalue weighted by Crippen LogP contribution is 2.35. The molecule has 1 aliphatic carbocycles. The summed E-state index contributed by atoms with van der Waals surface area (Å²) in [5.41, 5.74) is 6.68. The third-order valence-electron chi connectivity index (χ3n) is 3.20. The molecule has 0 saturated carbocycles. The van der Waals surface area contributed by atoms with Crippen LogP contribution in [0.1, 0.15) is 17.0 Å². The van der Waals surface area contributed by atoms with Crippen molar-refractivity contribution in [3.63, 3.8) is 0 Å². The number of thiazole rings is 1. The summed E-state index contributed by atoms with van der Waals surface area (Å²) in [6.07, 6.45) is 2.91. The molecule has 1 aromatic carbocycles. The fourth-order valence-electron chi connectivity index (χ4n) is 2.16. The standard InChI is InChI=1S/C12H11Cl2N3O2S2/c13-6-4-5-9(10(14)11(6)15)21(18,19)17-12-16-7-2-1-3-8(7)20-12/h4-5H,1-3,15H2,(H,16,17). The number of hydrogen-bond donors (Lipinski definition) is 2. The van der Waals surface area contributed by atoms with Gasteiger partial charge in [-0.25, -0.2) is 13.4 Å². The number of sulfonamides is 1. The van der Waals surface area contributed by atoms with Gasteiger partial charge < -0.3 is 5.73 Å². The van der Waals surface area contributed by atoms with Gasteiger partial charge in [-0.1, -0.05) is 23.2 Å². The van der Waals surface area contributed by atoms with Crippen LogP contribution >= 0.6 is 34.5 Å². The van der Waals surface area contributed by atoms with E-state index in [1.54, 1.807) is 0 Å². The van der Waals surface area contributed by atoms with E-state index >= 15 is 0 Å². The molecule has 5 nitrogen and oxygen atoms in total. The van der Waals surface area contributed by atoms with Crippen molar-refractivity contribution in [3.8, 4) is 0 Å². The van der Waals surface area contributed by atoms with E-state index in [-0.39, 0.29) is 20.6 Å². The third kappa shape index (κ3) is 2.70. The maximum atomic E-state index is 12.4. The molecule has 0 saturated heterocycles. The lowest BCUT2D eigenvalue weighted by atomic mass is 10.3. The van der Waals surface area contributed by atoms with Gasteiger partial charge in [0.15, 0.2) is 5.13 Å². The van der Waals surface area contributed by atoms with E-state index < -0.39 is 10.0 Å². The minimum Gasteiger partial charge on any atom is -0.396 e. The lowest BCUT2D eigenvalue weighted by molar-refractivity contribution is 0.601. The number of nitrogens with one attached hydrogen (secondary N) is 1. The molecule has 21 heavy (non-hydrogen) atoms. The van der Waals surface area contributed by atoms with Gasteiger partial charge in [-0.3, -0.25) is 4.72 Å². The fraction of sp³-hybridized carbons (Fsp3) is 0.250. The molecule has 0 aliphatic heterocycles. The van der Waals surface area contributed by atoms with Crippen molar-refractivity contribution < 1.29 is 8.42 Å². The first-order valence-electron chi connectivity index (χ1n) is 6.13. The van der Waals surface area contributed by atoms with Crippen molar-refractivity contribution in [3.05, 3.63) is 32.7 Å². The van der Waals surface area contributed by atoms with E-state index in [0.717, 1.165) is 29.8 Å². The summed E-state index contributed by atoms with van der Waals surface area (Å²) in [5.74, 6) is 0. The first-order valence-corrected chi connectivity index (χ1v) is 9.19. The number of hydrogen-bond acceptors (Lipinski definition) is 5. The van der Waals surface area contributed by atoms with Crippen LogP contribution in [0.3, 0.4) is 0 Å².